The summed E-state index contributed by atoms with van der Waals surface area (Å²) in [7, 11) is 3.27. The third kappa shape index (κ3) is 5.71. The summed E-state index contributed by atoms with van der Waals surface area (Å²) in [4.78, 5) is 23.7. The molecule has 0 radical (unpaired) electrons. The molecule has 1 heterocycles. The normalized spacial score (nSPS) is 9.89. The zero-order valence-electron chi connectivity index (χ0n) is 15.3. The largest absolute Gasteiger partial charge is 0.483 e. The molecule has 2 amide bonds. The van der Waals surface area contributed by atoms with Crippen LogP contribution in [-0.4, -0.2) is 41.1 Å². The molecule has 0 aliphatic heterocycles. The number of hydrogen-bond donors (Lipinski definition) is 4. The summed E-state index contributed by atoms with van der Waals surface area (Å²) in [5.74, 6) is -0.355. The van der Waals surface area contributed by atoms with Crippen molar-refractivity contribution < 1.29 is 14.3 Å². The van der Waals surface area contributed by atoms with Gasteiger partial charge >= 0.3 is 0 Å². The number of amidine groups is 1. The van der Waals surface area contributed by atoms with Crippen LogP contribution in [0.15, 0.2) is 24.3 Å². The van der Waals surface area contributed by atoms with Crippen molar-refractivity contribution in [1.82, 2.24) is 20.4 Å². The molecule has 27 heavy (non-hydrogen) atoms. The highest BCUT2D eigenvalue weighted by molar-refractivity contribution is 5.95. The van der Waals surface area contributed by atoms with Gasteiger partial charge in [-0.1, -0.05) is 12.1 Å². The fourth-order valence-corrected chi connectivity index (χ4v) is 2.16. The Morgan fingerprint density at radius 1 is 1.33 bits per heavy atom. The fraction of sp³-hybridized carbons (Fsp3) is 0.294. The number of nitrogens with one attached hydrogen (secondary N) is 3. The van der Waals surface area contributed by atoms with Gasteiger partial charge in [0, 0.05) is 37.5 Å². The highest BCUT2D eigenvalue weighted by Crippen LogP contribution is 2.21. The number of carbonyl (C=O) groups excluding carboxylic acids is 2. The summed E-state index contributed by atoms with van der Waals surface area (Å²) < 4.78 is 7.13. The number of benzene rings is 1. The van der Waals surface area contributed by atoms with Crippen LogP contribution in [0.5, 0.6) is 5.75 Å². The average molecular weight is 395 g/mol. The van der Waals surface area contributed by atoms with E-state index < -0.39 is 0 Å². The number of rotatable bonds is 7. The van der Waals surface area contributed by atoms with Gasteiger partial charge in [0.15, 0.2) is 6.61 Å². The van der Waals surface area contributed by atoms with Gasteiger partial charge in [0.25, 0.3) is 11.8 Å². The SMILES string of the molecule is CNC(=O)COc1cc(C(=N)N)ccc1CNC(=O)c1cc(C)n(C)n1.Cl. The Morgan fingerprint density at radius 2 is 2.04 bits per heavy atom. The predicted octanol–water partition coefficient (Wildman–Crippen LogP) is 0.489. The van der Waals surface area contributed by atoms with Crippen LogP contribution in [0.2, 0.25) is 0 Å². The van der Waals surface area contributed by atoms with E-state index in [-0.39, 0.29) is 43.2 Å². The van der Waals surface area contributed by atoms with Crippen molar-refractivity contribution in [2.45, 2.75) is 13.5 Å². The number of amides is 2. The van der Waals surface area contributed by atoms with E-state index in [1.54, 1.807) is 36.0 Å². The Labute approximate surface area is 163 Å². The zero-order chi connectivity index (χ0) is 19.3. The van der Waals surface area contributed by atoms with Crippen molar-refractivity contribution in [3.63, 3.8) is 0 Å². The molecule has 1 aromatic carbocycles. The molecule has 0 fully saturated rings. The Bertz CT molecular complexity index is 830. The Hall–Kier alpha value is -3.07. The molecule has 0 atom stereocenters. The molecule has 0 aliphatic rings. The lowest BCUT2D eigenvalue weighted by Gasteiger charge is -2.13. The number of nitrogen functional groups attached to an aromatic ring is 1. The predicted molar refractivity (Wildman–Crippen MR) is 103 cm³/mol. The Morgan fingerprint density at radius 3 is 2.59 bits per heavy atom. The van der Waals surface area contributed by atoms with Gasteiger partial charge in [-0.05, 0) is 19.1 Å². The van der Waals surface area contributed by atoms with Crippen LogP contribution in [0.1, 0.15) is 27.3 Å². The van der Waals surface area contributed by atoms with Crippen molar-refractivity contribution in [2.75, 3.05) is 13.7 Å². The second-order valence-electron chi connectivity index (χ2n) is 5.68. The molecule has 2 aromatic rings. The third-order valence-electron chi connectivity index (χ3n) is 3.80. The van der Waals surface area contributed by atoms with Gasteiger partial charge in [0.1, 0.15) is 17.3 Å². The molecule has 0 saturated heterocycles. The van der Waals surface area contributed by atoms with Gasteiger partial charge in [0.05, 0.1) is 0 Å². The van der Waals surface area contributed by atoms with Gasteiger partial charge in [0.2, 0.25) is 0 Å². The third-order valence-corrected chi connectivity index (χ3v) is 3.80. The van der Waals surface area contributed by atoms with E-state index in [4.69, 9.17) is 15.9 Å². The maximum atomic E-state index is 12.2. The molecule has 1 aromatic heterocycles. The number of nitrogens with zero attached hydrogens (tertiary/aromatic N) is 2. The number of ether oxygens (including phenoxy) is 1. The van der Waals surface area contributed by atoms with Crippen LogP contribution in [0.4, 0.5) is 0 Å². The first-order valence-electron chi connectivity index (χ1n) is 7.91. The topological polar surface area (TPSA) is 135 Å². The van der Waals surface area contributed by atoms with Crippen molar-refractivity contribution in [3.8, 4) is 5.75 Å². The van der Waals surface area contributed by atoms with E-state index in [0.29, 0.717) is 22.6 Å². The lowest BCUT2D eigenvalue weighted by Crippen LogP contribution is -2.26. The van der Waals surface area contributed by atoms with E-state index in [1.807, 2.05) is 6.92 Å². The molecule has 5 N–H and O–H groups in total. The zero-order valence-corrected chi connectivity index (χ0v) is 16.1. The number of nitrogens with two attached hydrogens (primary N) is 1. The minimum absolute atomic E-state index is 0. The fourth-order valence-electron chi connectivity index (χ4n) is 2.16. The first kappa shape index (κ1) is 22.0. The van der Waals surface area contributed by atoms with Crippen LogP contribution < -0.4 is 21.1 Å². The molecule has 9 nitrogen and oxygen atoms in total. The number of likely N-dealkylation sites (N-methyl/N-ethyl adjacent to an activating group) is 1. The molecule has 0 spiro atoms. The smallest absolute Gasteiger partial charge is 0.272 e. The quantitative estimate of drug-likeness (QED) is 0.400. The van der Waals surface area contributed by atoms with Gasteiger partial charge in [-0.25, -0.2) is 0 Å². The molecule has 0 aliphatic carbocycles. The summed E-state index contributed by atoms with van der Waals surface area (Å²) in [5, 5.41) is 16.9. The van der Waals surface area contributed by atoms with E-state index in [1.165, 1.54) is 7.05 Å². The highest BCUT2D eigenvalue weighted by atomic mass is 35.5. The average Bonchev–Trinajstić information content (AvgIpc) is 2.96. The number of halogens is 1. The first-order chi connectivity index (χ1) is 12.3. The standard InChI is InChI=1S/C17H22N6O3.ClH/c1-10-6-13(22-23(10)3)17(25)21-8-12-5-4-11(16(18)19)7-14(12)26-9-15(24)20-2;/h4-7H,8-9H2,1-3H3,(H3,18,19)(H,20,24)(H,21,25);1H. The van der Waals surface area contributed by atoms with Gasteiger partial charge < -0.3 is 21.1 Å². The minimum Gasteiger partial charge on any atom is -0.483 e. The van der Waals surface area contributed by atoms with E-state index in [2.05, 4.69) is 15.7 Å². The van der Waals surface area contributed by atoms with E-state index in [9.17, 15) is 9.59 Å². The number of carbonyl (C=O) groups is 2. The summed E-state index contributed by atoms with van der Waals surface area (Å²) in [5.41, 5.74) is 7.80. The molecular formula is C17H23ClN6O3. The Balaban J connectivity index is 0.00000364. The molecule has 0 bridgehead atoms. The lowest BCUT2D eigenvalue weighted by molar-refractivity contribution is -0.122. The molecule has 0 saturated carbocycles. The van der Waals surface area contributed by atoms with Gasteiger partial charge in [-0.2, -0.15) is 5.10 Å². The summed E-state index contributed by atoms with van der Waals surface area (Å²) in [6, 6.07) is 6.61. The number of aromatic nitrogens is 2. The Kier molecular flexibility index (Phi) is 7.79. The molecule has 10 heteroatoms. The summed E-state index contributed by atoms with van der Waals surface area (Å²) in [6.45, 7) is 1.85. The molecular weight excluding hydrogens is 372 g/mol. The van der Waals surface area contributed by atoms with Gasteiger partial charge in [-0.3, -0.25) is 19.7 Å². The van der Waals surface area contributed by atoms with Crippen molar-refractivity contribution in [3.05, 3.63) is 46.8 Å². The number of aryl methyl sites for hydroxylation is 2. The first-order valence-corrected chi connectivity index (χ1v) is 7.91. The van der Waals surface area contributed by atoms with Crippen molar-refractivity contribution in [1.29, 1.82) is 5.41 Å². The van der Waals surface area contributed by atoms with Gasteiger partial charge in [-0.15, -0.1) is 12.4 Å². The monoisotopic (exact) mass is 394 g/mol. The minimum atomic E-state index is -0.318. The van der Waals surface area contributed by atoms with E-state index >= 15 is 0 Å². The highest BCUT2D eigenvalue weighted by Gasteiger charge is 2.13. The maximum Gasteiger partial charge on any atom is 0.272 e. The van der Waals surface area contributed by atoms with Crippen molar-refractivity contribution >= 4 is 30.1 Å². The summed E-state index contributed by atoms with van der Waals surface area (Å²) in [6.07, 6.45) is 0. The maximum absolute atomic E-state index is 12.2. The van der Waals surface area contributed by atoms with Crippen LogP contribution in [0.25, 0.3) is 0 Å². The van der Waals surface area contributed by atoms with Crippen LogP contribution >= 0.6 is 12.4 Å². The van der Waals surface area contributed by atoms with E-state index in [0.717, 1.165) is 5.69 Å². The second-order valence-corrected chi connectivity index (χ2v) is 5.68. The van der Waals surface area contributed by atoms with Crippen LogP contribution in [0.3, 0.4) is 0 Å². The lowest BCUT2D eigenvalue weighted by atomic mass is 10.1. The van der Waals surface area contributed by atoms with Crippen molar-refractivity contribution in [2.24, 2.45) is 12.8 Å². The summed E-state index contributed by atoms with van der Waals surface area (Å²) >= 11 is 0. The van der Waals surface area contributed by atoms with Crippen LogP contribution in [0, 0.1) is 12.3 Å². The molecule has 0 unspecified atom stereocenters. The number of hydrogen-bond acceptors (Lipinski definition) is 5. The van der Waals surface area contributed by atoms with Crippen LogP contribution in [-0.2, 0) is 18.4 Å². The molecule has 2 rings (SSSR count). The molecule has 146 valence electrons. The second kappa shape index (κ2) is 9.58.